The van der Waals surface area contributed by atoms with Crippen LogP contribution in [0.15, 0.2) is 36.4 Å². The normalized spacial score (nSPS) is 26.1. The quantitative estimate of drug-likeness (QED) is 0.599. The number of piperidine rings is 1. The summed E-state index contributed by atoms with van der Waals surface area (Å²) in [5.74, 6) is -2.57. The van der Waals surface area contributed by atoms with Crippen molar-refractivity contribution in [2.45, 2.75) is 57.5 Å². The average Bonchev–Trinajstić information content (AvgIpc) is 3.32. The van der Waals surface area contributed by atoms with E-state index in [9.17, 15) is 28.0 Å². The third kappa shape index (κ3) is 4.02. The molecule has 10 heteroatoms. The maximum absolute atomic E-state index is 14.1. The van der Waals surface area contributed by atoms with Crippen LogP contribution in [-0.4, -0.2) is 52.7 Å². The lowest BCUT2D eigenvalue weighted by molar-refractivity contribution is -0.156. The van der Waals surface area contributed by atoms with Crippen LogP contribution < -0.4 is 10.6 Å². The van der Waals surface area contributed by atoms with Gasteiger partial charge < -0.3 is 15.1 Å². The molecule has 1 unspecified atom stereocenters. The van der Waals surface area contributed by atoms with E-state index >= 15 is 0 Å². The van der Waals surface area contributed by atoms with Gasteiger partial charge in [0.2, 0.25) is 11.8 Å². The van der Waals surface area contributed by atoms with Crippen LogP contribution in [0.5, 0.6) is 0 Å². The van der Waals surface area contributed by atoms with Crippen LogP contribution in [0.4, 0.5) is 19.3 Å². The van der Waals surface area contributed by atoms with E-state index in [0.717, 1.165) is 17.2 Å². The maximum Gasteiger partial charge on any atom is 0.324 e. The van der Waals surface area contributed by atoms with Crippen LogP contribution in [0, 0.1) is 17.0 Å². The van der Waals surface area contributed by atoms with Crippen molar-refractivity contribution in [2.24, 2.45) is 5.41 Å². The monoisotopic (exact) mass is 524 g/mol. The molecule has 0 aromatic heterocycles. The maximum atomic E-state index is 14.1. The van der Waals surface area contributed by atoms with Gasteiger partial charge >= 0.3 is 6.03 Å². The third-order valence-corrected chi connectivity index (χ3v) is 8.49. The topological polar surface area (TPSA) is 98.8 Å². The Balaban J connectivity index is 1.38. The Labute approximate surface area is 219 Å². The fraction of sp³-hybridized carbons (Fsp3) is 0.429. The minimum absolute atomic E-state index is 0.276. The third-order valence-electron chi connectivity index (χ3n) is 8.49. The summed E-state index contributed by atoms with van der Waals surface area (Å²) >= 11 is 0. The number of anilines is 1. The summed E-state index contributed by atoms with van der Waals surface area (Å²) in [7, 11) is 1.59. The van der Waals surface area contributed by atoms with E-state index in [1.807, 2.05) is 6.07 Å². The molecule has 2 saturated heterocycles. The number of rotatable bonds is 4. The van der Waals surface area contributed by atoms with Crippen LogP contribution >= 0.6 is 0 Å². The molecule has 200 valence electrons. The van der Waals surface area contributed by atoms with Crippen molar-refractivity contribution in [1.29, 1.82) is 0 Å². The van der Waals surface area contributed by atoms with E-state index in [0.29, 0.717) is 36.9 Å². The minimum Gasteiger partial charge on any atom is -0.325 e. The van der Waals surface area contributed by atoms with Gasteiger partial charge in [0, 0.05) is 37.1 Å². The number of benzene rings is 2. The standard InChI is InChI=1S/C28H30F2N4O4/c1-26(2)7-8-27(3,18-10-19(29)12-20(30)11-18)34(24(26)37)15-22(35)31-21-6-5-16-13-28(14-17(16)9-21)23(36)32-25(38)33(28)4/h5-6,9-12H,7-8,13-15H2,1-4H3,(H,31,35)(H,32,36,38)/t27?,28-/m0/s1. The number of carbonyl (C=O) groups excluding carboxylic acids is 4. The van der Waals surface area contributed by atoms with E-state index < -0.39 is 40.1 Å². The molecule has 38 heavy (non-hydrogen) atoms. The van der Waals surface area contributed by atoms with Gasteiger partial charge in [-0.2, -0.15) is 0 Å². The molecule has 5 rings (SSSR count). The van der Waals surface area contributed by atoms with Gasteiger partial charge in [0.15, 0.2) is 0 Å². The Morgan fingerprint density at radius 3 is 2.26 bits per heavy atom. The summed E-state index contributed by atoms with van der Waals surface area (Å²) in [6, 6.07) is 8.06. The molecule has 2 heterocycles. The SMILES string of the molecule is CN1C(=O)NC(=O)[C@@]12Cc1ccc(NC(=O)CN3C(=O)C(C)(C)CCC3(C)c3cc(F)cc(F)c3)cc1C2. The number of halogens is 2. The number of urea groups is 1. The lowest BCUT2D eigenvalue weighted by Gasteiger charge is -2.50. The summed E-state index contributed by atoms with van der Waals surface area (Å²) in [6.45, 7) is 5.00. The number of fused-ring (bicyclic) bond motifs is 1. The molecule has 2 fully saturated rings. The summed E-state index contributed by atoms with van der Waals surface area (Å²) in [6.07, 6.45) is 1.62. The zero-order valence-corrected chi connectivity index (χ0v) is 21.8. The van der Waals surface area contributed by atoms with Gasteiger partial charge in [-0.3, -0.25) is 19.7 Å². The van der Waals surface area contributed by atoms with Crippen molar-refractivity contribution in [1.82, 2.24) is 15.1 Å². The number of hydrogen-bond acceptors (Lipinski definition) is 4. The number of likely N-dealkylation sites (N-methyl/N-ethyl adjacent to an activating group) is 1. The van der Waals surface area contributed by atoms with Crippen LogP contribution in [0.3, 0.4) is 0 Å². The van der Waals surface area contributed by atoms with Crippen LogP contribution in [0.1, 0.15) is 50.3 Å². The van der Waals surface area contributed by atoms with Gasteiger partial charge in [0.05, 0.1) is 5.54 Å². The lowest BCUT2D eigenvalue weighted by Crippen LogP contribution is -2.58. The summed E-state index contributed by atoms with van der Waals surface area (Å²) in [4.78, 5) is 54.1. The highest BCUT2D eigenvalue weighted by molar-refractivity contribution is 6.07. The number of imide groups is 1. The van der Waals surface area contributed by atoms with Crippen molar-refractivity contribution < 1.29 is 28.0 Å². The van der Waals surface area contributed by atoms with Crippen molar-refractivity contribution in [3.8, 4) is 0 Å². The molecule has 2 aliphatic heterocycles. The first kappa shape index (κ1) is 25.8. The second kappa shape index (κ2) is 8.61. The fourth-order valence-corrected chi connectivity index (χ4v) is 5.92. The molecular weight excluding hydrogens is 494 g/mol. The van der Waals surface area contributed by atoms with Gasteiger partial charge in [-0.15, -0.1) is 0 Å². The van der Waals surface area contributed by atoms with Crippen LogP contribution in [0.25, 0.3) is 0 Å². The number of nitrogens with one attached hydrogen (secondary N) is 2. The highest BCUT2D eigenvalue weighted by Gasteiger charge is 2.54. The fourth-order valence-electron chi connectivity index (χ4n) is 5.92. The van der Waals surface area contributed by atoms with E-state index in [1.54, 1.807) is 40.0 Å². The van der Waals surface area contributed by atoms with Crippen molar-refractivity contribution in [3.05, 3.63) is 64.7 Å². The predicted molar refractivity (Wildman–Crippen MR) is 135 cm³/mol. The lowest BCUT2D eigenvalue weighted by atomic mass is 9.72. The summed E-state index contributed by atoms with van der Waals surface area (Å²) in [5.41, 5.74) is -0.259. The summed E-state index contributed by atoms with van der Waals surface area (Å²) in [5, 5.41) is 5.19. The number of likely N-dealkylation sites (tertiary alicyclic amines) is 1. The number of nitrogens with zero attached hydrogens (tertiary/aromatic N) is 2. The molecule has 3 aliphatic rings. The first-order valence-corrected chi connectivity index (χ1v) is 12.5. The smallest absolute Gasteiger partial charge is 0.324 e. The molecule has 0 bridgehead atoms. The molecule has 8 nitrogen and oxygen atoms in total. The molecule has 5 amide bonds. The molecule has 0 radical (unpaired) electrons. The molecule has 2 atom stereocenters. The second-order valence-electron chi connectivity index (χ2n) is 11.4. The zero-order chi connectivity index (χ0) is 27.6. The second-order valence-corrected chi connectivity index (χ2v) is 11.4. The number of hydrogen-bond donors (Lipinski definition) is 2. The largest absolute Gasteiger partial charge is 0.325 e. The molecule has 2 aromatic rings. The highest BCUT2D eigenvalue weighted by atomic mass is 19.1. The van der Waals surface area contributed by atoms with E-state index in [1.165, 1.54) is 21.9 Å². The minimum atomic E-state index is -1.08. The zero-order valence-electron chi connectivity index (χ0n) is 21.8. The Morgan fingerprint density at radius 2 is 1.63 bits per heavy atom. The Morgan fingerprint density at radius 1 is 0.974 bits per heavy atom. The number of carbonyl (C=O) groups is 4. The Kier molecular flexibility index (Phi) is 5.85. The van der Waals surface area contributed by atoms with Crippen molar-refractivity contribution >= 4 is 29.4 Å². The molecule has 1 aliphatic carbocycles. The van der Waals surface area contributed by atoms with Gasteiger partial charge in [-0.1, -0.05) is 19.9 Å². The predicted octanol–water partition coefficient (Wildman–Crippen LogP) is 3.49. The summed E-state index contributed by atoms with van der Waals surface area (Å²) < 4.78 is 28.2. The van der Waals surface area contributed by atoms with E-state index in [2.05, 4.69) is 10.6 Å². The van der Waals surface area contributed by atoms with Gasteiger partial charge in [0.25, 0.3) is 5.91 Å². The van der Waals surface area contributed by atoms with Crippen molar-refractivity contribution in [3.63, 3.8) is 0 Å². The molecule has 2 aromatic carbocycles. The Bertz CT molecular complexity index is 1370. The highest BCUT2D eigenvalue weighted by Crippen LogP contribution is 2.45. The van der Waals surface area contributed by atoms with E-state index in [-0.39, 0.29) is 18.4 Å². The molecule has 0 saturated carbocycles. The van der Waals surface area contributed by atoms with Crippen LogP contribution in [0.2, 0.25) is 0 Å². The Hall–Kier alpha value is -3.82. The van der Waals surface area contributed by atoms with E-state index in [4.69, 9.17) is 0 Å². The van der Waals surface area contributed by atoms with Gasteiger partial charge in [0.1, 0.15) is 23.7 Å². The van der Waals surface area contributed by atoms with Crippen LogP contribution in [-0.2, 0) is 32.8 Å². The van der Waals surface area contributed by atoms with Gasteiger partial charge in [-0.05, 0) is 60.7 Å². The molecule has 2 N–H and O–H groups in total. The first-order valence-electron chi connectivity index (χ1n) is 12.5. The van der Waals surface area contributed by atoms with Crippen molar-refractivity contribution in [2.75, 3.05) is 18.9 Å². The average molecular weight is 525 g/mol. The molecular formula is C28H30F2N4O4. The first-order chi connectivity index (χ1) is 17.7. The molecule has 1 spiro atoms. The van der Waals surface area contributed by atoms with Gasteiger partial charge in [-0.25, -0.2) is 13.6 Å². The number of amides is 5.